The minimum Gasteiger partial charge on any atom is -0.462 e. The van der Waals surface area contributed by atoms with Gasteiger partial charge in [0.15, 0.2) is 5.16 Å². The molecule has 2 aromatic rings. The molecule has 0 radical (unpaired) electrons. The van der Waals surface area contributed by atoms with Crippen LogP contribution in [0.25, 0.3) is 5.69 Å². The number of hydrogen-bond donors (Lipinski definition) is 0. The molecule has 5 nitrogen and oxygen atoms in total. The number of nitrogens with zero attached hydrogens (tertiary/aromatic N) is 3. The van der Waals surface area contributed by atoms with Crippen LogP contribution in [0.1, 0.15) is 37.9 Å². The van der Waals surface area contributed by atoms with Gasteiger partial charge in [0.25, 0.3) is 0 Å². The van der Waals surface area contributed by atoms with Crippen LogP contribution in [-0.2, 0) is 9.53 Å². The summed E-state index contributed by atoms with van der Waals surface area (Å²) in [6.45, 7) is 1.91. The Hall–Kier alpha value is -1.82. The van der Waals surface area contributed by atoms with Crippen LogP contribution in [0.5, 0.6) is 0 Å². The highest BCUT2D eigenvalue weighted by molar-refractivity contribution is 7.99. The Morgan fingerprint density at radius 1 is 1.22 bits per heavy atom. The Balaban J connectivity index is 1.61. The van der Waals surface area contributed by atoms with Crippen molar-refractivity contribution in [2.75, 3.05) is 5.75 Å². The zero-order chi connectivity index (χ0) is 16.1. The first-order valence-corrected chi connectivity index (χ1v) is 9.02. The van der Waals surface area contributed by atoms with Crippen molar-refractivity contribution in [3.63, 3.8) is 0 Å². The van der Waals surface area contributed by atoms with E-state index in [0.29, 0.717) is 5.16 Å². The lowest BCUT2D eigenvalue weighted by Crippen LogP contribution is -2.22. The van der Waals surface area contributed by atoms with E-state index in [1.165, 1.54) is 18.2 Å². The molecule has 23 heavy (non-hydrogen) atoms. The minimum atomic E-state index is -0.165. The monoisotopic (exact) mass is 331 g/mol. The second kappa shape index (κ2) is 7.64. The molecule has 1 aliphatic rings. The zero-order valence-corrected chi connectivity index (χ0v) is 14.1. The van der Waals surface area contributed by atoms with Crippen LogP contribution in [-0.4, -0.2) is 32.6 Å². The van der Waals surface area contributed by atoms with Crippen LogP contribution in [0, 0.1) is 6.92 Å². The molecular formula is C17H21N3O2S. The zero-order valence-electron chi connectivity index (χ0n) is 13.3. The predicted octanol–water partition coefficient (Wildman–Crippen LogP) is 3.54. The van der Waals surface area contributed by atoms with Crippen LogP contribution in [0.4, 0.5) is 0 Å². The Morgan fingerprint density at radius 2 is 1.96 bits per heavy atom. The molecule has 0 bridgehead atoms. The quantitative estimate of drug-likeness (QED) is 0.619. The third kappa shape index (κ3) is 4.13. The first-order valence-electron chi connectivity index (χ1n) is 8.04. The molecule has 1 fully saturated rings. The number of thioether (sulfide) groups is 1. The van der Waals surface area contributed by atoms with Crippen molar-refractivity contribution in [3.8, 4) is 5.69 Å². The van der Waals surface area contributed by atoms with E-state index in [2.05, 4.69) is 10.2 Å². The number of benzene rings is 1. The summed E-state index contributed by atoms with van der Waals surface area (Å²) in [5.74, 6) is 0.906. The molecule has 0 amide bonds. The highest BCUT2D eigenvalue weighted by Crippen LogP contribution is 2.24. The Bertz CT molecular complexity index is 651. The van der Waals surface area contributed by atoms with Crippen LogP contribution >= 0.6 is 11.8 Å². The van der Waals surface area contributed by atoms with Gasteiger partial charge in [-0.15, -0.1) is 10.2 Å². The van der Waals surface area contributed by atoms with E-state index in [0.717, 1.165) is 37.2 Å². The van der Waals surface area contributed by atoms with Gasteiger partial charge in [0.1, 0.15) is 11.9 Å². The van der Waals surface area contributed by atoms with Crippen LogP contribution < -0.4 is 0 Å². The lowest BCUT2D eigenvalue weighted by molar-refractivity contribution is -0.147. The van der Waals surface area contributed by atoms with E-state index in [9.17, 15) is 4.79 Å². The average molecular weight is 331 g/mol. The third-order valence-electron chi connectivity index (χ3n) is 3.98. The van der Waals surface area contributed by atoms with Gasteiger partial charge in [-0.25, -0.2) is 0 Å². The van der Waals surface area contributed by atoms with Gasteiger partial charge < -0.3 is 4.74 Å². The SMILES string of the molecule is Cc1nnc(SCC(=O)OC2CCCCC2)n1-c1ccccc1. The molecule has 3 rings (SSSR count). The number of carbonyl (C=O) groups is 1. The molecular weight excluding hydrogens is 310 g/mol. The van der Waals surface area contributed by atoms with Gasteiger partial charge in [-0.1, -0.05) is 36.4 Å². The summed E-state index contributed by atoms with van der Waals surface area (Å²) in [5.41, 5.74) is 0.998. The number of hydrogen-bond acceptors (Lipinski definition) is 5. The summed E-state index contributed by atoms with van der Waals surface area (Å²) in [5, 5.41) is 9.02. The largest absolute Gasteiger partial charge is 0.462 e. The first-order chi connectivity index (χ1) is 11.2. The molecule has 1 heterocycles. The normalized spacial score (nSPS) is 15.5. The van der Waals surface area contributed by atoms with E-state index in [1.807, 2.05) is 41.8 Å². The predicted molar refractivity (Wildman–Crippen MR) is 89.8 cm³/mol. The smallest absolute Gasteiger partial charge is 0.316 e. The summed E-state index contributed by atoms with van der Waals surface area (Å²) in [7, 11) is 0. The Morgan fingerprint density at radius 3 is 2.70 bits per heavy atom. The van der Waals surface area contributed by atoms with E-state index in [1.54, 1.807) is 0 Å². The molecule has 122 valence electrons. The maximum absolute atomic E-state index is 12.0. The van der Waals surface area contributed by atoms with E-state index < -0.39 is 0 Å². The summed E-state index contributed by atoms with van der Waals surface area (Å²) in [4.78, 5) is 12.0. The van der Waals surface area contributed by atoms with Gasteiger partial charge in [0.05, 0.1) is 5.75 Å². The van der Waals surface area contributed by atoms with Gasteiger partial charge >= 0.3 is 5.97 Å². The second-order valence-electron chi connectivity index (χ2n) is 5.74. The van der Waals surface area contributed by atoms with Crippen LogP contribution in [0.2, 0.25) is 0 Å². The standard InChI is InChI=1S/C17H21N3O2S/c1-13-18-19-17(20(13)14-8-4-2-5-9-14)23-12-16(21)22-15-10-6-3-7-11-15/h2,4-5,8-9,15H,3,6-7,10-12H2,1H3. The summed E-state index contributed by atoms with van der Waals surface area (Å²) in [6, 6.07) is 9.92. The lowest BCUT2D eigenvalue weighted by atomic mass is 9.98. The van der Waals surface area contributed by atoms with Gasteiger partial charge in [0.2, 0.25) is 0 Å². The summed E-state index contributed by atoms with van der Waals surface area (Å²) < 4.78 is 7.51. The highest BCUT2D eigenvalue weighted by Gasteiger charge is 2.19. The number of aryl methyl sites for hydroxylation is 1. The average Bonchev–Trinajstić information content (AvgIpc) is 2.95. The molecule has 1 aromatic carbocycles. The third-order valence-corrected chi connectivity index (χ3v) is 4.88. The van der Waals surface area contributed by atoms with Crippen molar-refractivity contribution in [2.24, 2.45) is 0 Å². The maximum Gasteiger partial charge on any atom is 0.316 e. The van der Waals surface area contributed by atoms with E-state index in [-0.39, 0.29) is 17.8 Å². The topological polar surface area (TPSA) is 57.0 Å². The molecule has 0 aliphatic heterocycles. The van der Waals surface area contributed by atoms with Gasteiger partial charge in [-0.2, -0.15) is 0 Å². The van der Waals surface area contributed by atoms with Gasteiger partial charge in [-0.3, -0.25) is 9.36 Å². The molecule has 0 unspecified atom stereocenters. The number of ether oxygens (including phenoxy) is 1. The molecule has 0 saturated heterocycles. The fourth-order valence-electron chi connectivity index (χ4n) is 2.84. The van der Waals surface area contributed by atoms with Crippen molar-refractivity contribution in [2.45, 2.75) is 50.3 Å². The number of esters is 1. The van der Waals surface area contributed by atoms with Crippen molar-refractivity contribution < 1.29 is 9.53 Å². The number of rotatable bonds is 5. The van der Waals surface area contributed by atoms with Crippen molar-refractivity contribution in [1.29, 1.82) is 0 Å². The Labute approximate surface area is 140 Å². The van der Waals surface area contributed by atoms with Crippen LogP contribution in [0.3, 0.4) is 0 Å². The fourth-order valence-corrected chi connectivity index (χ4v) is 3.62. The molecule has 6 heteroatoms. The highest BCUT2D eigenvalue weighted by atomic mass is 32.2. The molecule has 1 saturated carbocycles. The summed E-state index contributed by atoms with van der Waals surface area (Å²) >= 11 is 1.37. The van der Waals surface area contributed by atoms with E-state index >= 15 is 0 Å². The molecule has 1 aromatic heterocycles. The summed E-state index contributed by atoms with van der Waals surface area (Å²) in [6.07, 6.45) is 5.66. The number of carbonyl (C=O) groups excluding carboxylic acids is 1. The van der Waals surface area contributed by atoms with E-state index in [4.69, 9.17) is 4.74 Å². The minimum absolute atomic E-state index is 0.102. The second-order valence-corrected chi connectivity index (χ2v) is 6.68. The lowest BCUT2D eigenvalue weighted by Gasteiger charge is -2.21. The maximum atomic E-state index is 12.0. The molecule has 0 atom stereocenters. The van der Waals surface area contributed by atoms with Crippen molar-refractivity contribution >= 4 is 17.7 Å². The Kier molecular flexibility index (Phi) is 5.33. The number of para-hydroxylation sites is 1. The van der Waals surface area contributed by atoms with Gasteiger partial charge in [-0.05, 0) is 44.7 Å². The molecule has 0 spiro atoms. The molecule has 0 N–H and O–H groups in total. The van der Waals surface area contributed by atoms with Crippen molar-refractivity contribution in [1.82, 2.24) is 14.8 Å². The molecule has 1 aliphatic carbocycles. The first kappa shape index (κ1) is 16.1. The van der Waals surface area contributed by atoms with Crippen molar-refractivity contribution in [3.05, 3.63) is 36.2 Å². The fraction of sp³-hybridized carbons (Fsp3) is 0.471. The van der Waals surface area contributed by atoms with Crippen LogP contribution in [0.15, 0.2) is 35.5 Å². The van der Waals surface area contributed by atoms with Gasteiger partial charge in [0, 0.05) is 5.69 Å². The number of aromatic nitrogens is 3.